The van der Waals surface area contributed by atoms with Crippen molar-refractivity contribution in [2.45, 2.75) is 25.4 Å². The lowest BCUT2D eigenvalue weighted by atomic mass is 10.0. The summed E-state index contributed by atoms with van der Waals surface area (Å²) in [6.07, 6.45) is 0.668. The average molecular weight is 359 g/mol. The topological polar surface area (TPSA) is 86.5 Å². The summed E-state index contributed by atoms with van der Waals surface area (Å²) >= 11 is 6.93. The van der Waals surface area contributed by atoms with E-state index in [-0.39, 0.29) is 12.5 Å². The molecule has 0 unspecified atom stereocenters. The normalized spacial score (nSPS) is 19.8. The van der Waals surface area contributed by atoms with Crippen LogP contribution in [0.15, 0.2) is 24.3 Å². The van der Waals surface area contributed by atoms with Crippen LogP contribution in [0.25, 0.3) is 11.4 Å². The van der Waals surface area contributed by atoms with Crippen LogP contribution in [-0.2, 0) is 11.3 Å². The molecule has 1 aliphatic rings. The first-order chi connectivity index (χ1) is 11.5. The van der Waals surface area contributed by atoms with Crippen molar-refractivity contribution >= 4 is 29.9 Å². The van der Waals surface area contributed by atoms with Gasteiger partial charge in [0.25, 0.3) is 0 Å². The molecule has 124 valence electrons. The molecule has 0 saturated carbocycles. The summed E-state index contributed by atoms with van der Waals surface area (Å²) in [6, 6.07) is 10.1. The summed E-state index contributed by atoms with van der Waals surface area (Å²) in [6.45, 7) is 2.04. The summed E-state index contributed by atoms with van der Waals surface area (Å²) in [7, 11) is 0. The summed E-state index contributed by atoms with van der Waals surface area (Å²) in [5.41, 5.74) is 1.26. The minimum Gasteiger partial charge on any atom is -0.336 e. The van der Waals surface area contributed by atoms with Crippen LogP contribution in [0.4, 0.5) is 0 Å². The predicted molar refractivity (Wildman–Crippen MR) is 96.0 cm³/mol. The standard InChI is InChI=1S/C16H17N5OS2/c1-11-2-4-12(5-3-11)14-19-20-15(23)21(14)8-13(22)18-16(9-17)6-7-24-10-16/h2-5H,6-8,10H2,1H3,(H,18,22)(H,20,23)/t16-/m0/s1. The van der Waals surface area contributed by atoms with Crippen LogP contribution in [0.3, 0.4) is 0 Å². The minimum atomic E-state index is -0.766. The number of rotatable bonds is 4. The van der Waals surface area contributed by atoms with Gasteiger partial charge in [0, 0.05) is 11.3 Å². The number of aromatic nitrogens is 3. The van der Waals surface area contributed by atoms with Gasteiger partial charge in [0.15, 0.2) is 10.6 Å². The molecule has 1 atom stereocenters. The number of nitrogens with one attached hydrogen (secondary N) is 2. The Balaban J connectivity index is 1.82. The molecular weight excluding hydrogens is 342 g/mol. The minimum absolute atomic E-state index is 0.0344. The Morgan fingerprint density at radius 2 is 2.29 bits per heavy atom. The fourth-order valence-corrected chi connectivity index (χ4v) is 4.08. The van der Waals surface area contributed by atoms with Crippen molar-refractivity contribution in [3.05, 3.63) is 34.6 Å². The number of thioether (sulfide) groups is 1. The third-order valence-corrected chi connectivity index (χ3v) is 5.49. The number of hydrogen-bond donors (Lipinski definition) is 2. The molecule has 8 heteroatoms. The Labute approximate surface area is 149 Å². The third kappa shape index (κ3) is 3.37. The number of aromatic amines is 1. The number of hydrogen-bond acceptors (Lipinski definition) is 5. The first kappa shape index (κ1) is 16.7. The largest absolute Gasteiger partial charge is 0.336 e. The Bertz CT molecular complexity index is 841. The molecule has 6 nitrogen and oxygen atoms in total. The highest BCUT2D eigenvalue weighted by Gasteiger charge is 2.36. The Morgan fingerprint density at radius 3 is 2.92 bits per heavy atom. The van der Waals surface area contributed by atoms with Crippen molar-refractivity contribution in [3.8, 4) is 17.5 Å². The molecule has 1 amide bonds. The second-order valence-electron chi connectivity index (χ2n) is 5.85. The molecule has 1 fully saturated rings. The maximum atomic E-state index is 12.4. The quantitative estimate of drug-likeness (QED) is 0.819. The monoisotopic (exact) mass is 359 g/mol. The smallest absolute Gasteiger partial charge is 0.241 e. The van der Waals surface area contributed by atoms with E-state index in [4.69, 9.17) is 12.2 Å². The SMILES string of the molecule is Cc1ccc(-c2n[nH]c(=S)n2CC(=O)N[C@]2(C#N)CCSC2)cc1. The number of carbonyl (C=O) groups excluding carboxylic acids is 1. The van der Waals surface area contributed by atoms with E-state index in [1.165, 1.54) is 0 Å². The van der Waals surface area contributed by atoms with Crippen molar-refractivity contribution in [1.29, 1.82) is 5.26 Å². The first-order valence-electron chi connectivity index (χ1n) is 7.55. The van der Waals surface area contributed by atoms with E-state index in [0.29, 0.717) is 22.8 Å². The number of H-pyrrole nitrogens is 1. The van der Waals surface area contributed by atoms with Gasteiger partial charge in [0.2, 0.25) is 5.91 Å². The molecule has 24 heavy (non-hydrogen) atoms. The first-order valence-corrected chi connectivity index (χ1v) is 9.11. The van der Waals surface area contributed by atoms with Crippen LogP contribution in [0.5, 0.6) is 0 Å². The lowest BCUT2D eigenvalue weighted by Crippen LogP contribution is -2.48. The highest BCUT2D eigenvalue weighted by Crippen LogP contribution is 2.27. The number of benzene rings is 1. The van der Waals surface area contributed by atoms with Crippen LogP contribution in [0, 0.1) is 23.0 Å². The second kappa shape index (κ2) is 6.79. The lowest BCUT2D eigenvalue weighted by molar-refractivity contribution is -0.122. The van der Waals surface area contributed by atoms with E-state index in [2.05, 4.69) is 21.6 Å². The van der Waals surface area contributed by atoms with Gasteiger partial charge >= 0.3 is 0 Å². The van der Waals surface area contributed by atoms with Crippen molar-refractivity contribution in [2.75, 3.05) is 11.5 Å². The molecule has 0 radical (unpaired) electrons. The maximum absolute atomic E-state index is 12.4. The van der Waals surface area contributed by atoms with Gasteiger partial charge < -0.3 is 5.32 Å². The van der Waals surface area contributed by atoms with Gasteiger partial charge in [-0.2, -0.15) is 22.1 Å². The third-order valence-electron chi connectivity index (χ3n) is 3.98. The molecule has 0 aliphatic carbocycles. The number of carbonyl (C=O) groups is 1. The van der Waals surface area contributed by atoms with E-state index in [1.54, 1.807) is 16.3 Å². The summed E-state index contributed by atoms with van der Waals surface area (Å²) in [5, 5.41) is 19.2. The van der Waals surface area contributed by atoms with E-state index in [1.807, 2.05) is 31.2 Å². The Hall–Kier alpha value is -2.11. The second-order valence-corrected chi connectivity index (χ2v) is 7.34. The van der Waals surface area contributed by atoms with Crippen LogP contribution < -0.4 is 5.32 Å². The number of aryl methyl sites for hydroxylation is 1. The molecule has 0 bridgehead atoms. The molecule has 2 N–H and O–H groups in total. The molecule has 1 aromatic carbocycles. The van der Waals surface area contributed by atoms with Gasteiger partial charge in [0.05, 0.1) is 6.07 Å². The molecular formula is C16H17N5OS2. The maximum Gasteiger partial charge on any atom is 0.241 e. The fraction of sp³-hybridized carbons (Fsp3) is 0.375. The van der Waals surface area contributed by atoms with Crippen LogP contribution in [0.1, 0.15) is 12.0 Å². The molecule has 1 aromatic heterocycles. The Kier molecular flexibility index (Phi) is 4.73. The molecule has 2 aromatic rings. The van der Waals surface area contributed by atoms with Gasteiger partial charge in [-0.05, 0) is 31.3 Å². The van der Waals surface area contributed by atoms with E-state index in [9.17, 15) is 10.1 Å². The van der Waals surface area contributed by atoms with Gasteiger partial charge in [-0.1, -0.05) is 29.8 Å². The van der Waals surface area contributed by atoms with Gasteiger partial charge in [-0.3, -0.25) is 14.5 Å². The molecule has 1 aliphatic heterocycles. The number of nitriles is 1. The molecule has 2 heterocycles. The zero-order chi connectivity index (χ0) is 17.2. The fourth-order valence-electron chi connectivity index (χ4n) is 2.62. The van der Waals surface area contributed by atoms with Gasteiger partial charge in [0.1, 0.15) is 12.1 Å². The van der Waals surface area contributed by atoms with Crippen molar-refractivity contribution in [2.24, 2.45) is 0 Å². The predicted octanol–water partition coefficient (Wildman–Crippen LogP) is 2.43. The van der Waals surface area contributed by atoms with Crippen LogP contribution in [0.2, 0.25) is 0 Å². The van der Waals surface area contributed by atoms with Crippen LogP contribution in [-0.4, -0.2) is 37.7 Å². The van der Waals surface area contributed by atoms with Gasteiger partial charge in [-0.15, -0.1) is 0 Å². The van der Waals surface area contributed by atoms with E-state index in [0.717, 1.165) is 16.9 Å². The zero-order valence-electron chi connectivity index (χ0n) is 13.2. The summed E-state index contributed by atoms with van der Waals surface area (Å²) in [4.78, 5) is 12.4. The summed E-state index contributed by atoms with van der Waals surface area (Å²) in [5.74, 6) is 1.89. The zero-order valence-corrected chi connectivity index (χ0v) is 14.8. The summed E-state index contributed by atoms with van der Waals surface area (Å²) < 4.78 is 2.04. The average Bonchev–Trinajstić information content (AvgIpc) is 3.17. The Morgan fingerprint density at radius 1 is 1.54 bits per heavy atom. The van der Waals surface area contributed by atoms with Crippen molar-refractivity contribution in [3.63, 3.8) is 0 Å². The number of amides is 1. The van der Waals surface area contributed by atoms with E-state index < -0.39 is 5.54 Å². The highest BCUT2D eigenvalue weighted by molar-refractivity contribution is 7.99. The molecule has 0 spiro atoms. The van der Waals surface area contributed by atoms with Gasteiger partial charge in [-0.25, -0.2) is 0 Å². The molecule has 3 rings (SSSR count). The number of nitrogens with zero attached hydrogens (tertiary/aromatic N) is 3. The van der Waals surface area contributed by atoms with Crippen LogP contribution >= 0.6 is 24.0 Å². The molecule has 1 saturated heterocycles. The lowest BCUT2D eigenvalue weighted by Gasteiger charge is -2.21. The van der Waals surface area contributed by atoms with Crippen molar-refractivity contribution < 1.29 is 4.79 Å². The van der Waals surface area contributed by atoms with E-state index >= 15 is 0 Å². The van der Waals surface area contributed by atoms with Crippen molar-refractivity contribution in [1.82, 2.24) is 20.1 Å². The highest BCUT2D eigenvalue weighted by atomic mass is 32.2.